The number of ether oxygens (including phenoxy) is 2. The molecule has 2 rings (SSSR count). The van der Waals surface area contributed by atoms with Crippen LogP contribution in [-0.2, 0) is 30.8 Å². The maximum atomic E-state index is 12.2. The van der Waals surface area contributed by atoms with Crippen molar-refractivity contribution in [2.75, 3.05) is 37.2 Å². The molecule has 0 spiro atoms. The Morgan fingerprint density at radius 1 is 0.892 bits per heavy atom. The van der Waals surface area contributed by atoms with Gasteiger partial charge in [0.2, 0.25) is 0 Å². The number of alkyl halides is 1. The van der Waals surface area contributed by atoms with E-state index in [1.807, 2.05) is 36.4 Å². The van der Waals surface area contributed by atoms with Crippen molar-refractivity contribution in [1.82, 2.24) is 0 Å². The van der Waals surface area contributed by atoms with E-state index in [0.717, 1.165) is 11.1 Å². The smallest absolute Gasteiger partial charge is 0.301 e. The molecular formula is C25H35ClO9S2. The molecule has 0 bridgehead atoms. The van der Waals surface area contributed by atoms with Crippen molar-refractivity contribution in [2.45, 2.75) is 44.3 Å². The van der Waals surface area contributed by atoms with Crippen LogP contribution in [0.1, 0.15) is 37.8 Å². The van der Waals surface area contributed by atoms with Crippen LogP contribution in [0.15, 0.2) is 48.5 Å². The molecule has 0 saturated carbocycles. The molecule has 3 unspecified atom stereocenters. The normalized spacial score (nSPS) is 14.6. The van der Waals surface area contributed by atoms with Crippen LogP contribution in [0.4, 0.5) is 0 Å². The number of halogens is 1. The molecule has 0 aromatic heterocycles. The minimum absolute atomic E-state index is 0.0170. The molecule has 9 nitrogen and oxygen atoms in total. The van der Waals surface area contributed by atoms with Crippen molar-refractivity contribution in [3.8, 4) is 11.5 Å². The van der Waals surface area contributed by atoms with E-state index in [2.05, 4.69) is 18.0 Å². The second-order valence-electron chi connectivity index (χ2n) is 9.12. The van der Waals surface area contributed by atoms with Crippen molar-refractivity contribution >= 4 is 32.8 Å². The first-order valence-electron chi connectivity index (χ1n) is 11.8. The fraction of sp³-hybridized carbons (Fsp3) is 0.520. The SMILES string of the molecule is CC(C)(c1ccc(OCC(O)CCl)cc1)c1ccc(OCC(O)CS(=O)(=O)CCCCOS(=O)O)cc1. The first-order chi connectivity index (χ1) is 17.4. The van der Waals surface area contributed by atoms with Crippen molar-refractivity contribution in [2.24, 2.45) is 0 Å². The van der Waals surface area contributed by atoms with Crippen LogP contribution in [0.25, 0.3) is 0 Å². The van der Waals surface area contributed by atoms with E-state index >= 15 is 0 Å². The Morgan fingerprint density at radius 2 is 1.38 bits per heavy atom. The van der Waals surface area contributed by atoms with Crippen LogP contribution in [0, 0.1) is 0 Å². The minimum atomic E-state index is -3.51. The highest BCUT2D eigenvalue weighted by Crippen LogP contribution is 2.33. The minimum Gasteiger partial charge on any atom is -0.491 e. The van der Waals surface area contributed by atoms with Gasteiger partial charge in [-0.1, -0.05) is 38.1 Å². The number of unbranched alkanes of at least 4 members (excludes halogenated alkanes) is 1. The van der Waals surface area contributed by atoms with E-state index in [1.54, 1.807) is 12.1 Å². The molecule has 208 valence electrons. The Balaban J connectivity index is 1.85. The van der Waals surface area contributed by atoms with Crippen LogP contribution >= 0.6 is 11.6 Å². The molecular weight excluding hydrogens is 544 g/mol. The number of sulfone groups is 1. The van der Waals surface area contributed by atoms with Gasteiger partial charge in [0.05, 0.1) is 24.0 Å². The standard InChI is InChI=1S/C25H35ClO9S2/c1-25(2,19-5-9-23(10-6-19)33-16-21(27)15-26)20-7-11-24(12-8-20)34-17-22(28)18-37(31,32)14-4-3-13-35-36(29)30/h5-12,21-22,27-28H,3-4,13-18H2,1-2H3,(H,29,30). The first kappa shape index (κ1) is 31.5. The van der Waals surface area contributed by atoms with Gasteiger partial charge in [-0.25, -0.2) is 8.42 Å². The summed E-state index contributed by atoms with van der Waals surface area (Å²) in [7, 11) is -3.51. The number of benzene rings is 2. The van der Waals surface area contributed by atoms with Crippen LogP contribution in [0.5, 0.6) is 11.5 Å². The Bertz CT molecular complexity index is 1070. The summed E-state index contributed by atoms with van der Waals surface area (Å²) in [5.74, 6) is 0.665. The lowest BCUT2D eigenvalue weighted by atomic mass is 9.78. The van der Waals surface area contributed by atoms with Crippen LogP contribution in [-0.4, -0.2) is 76.8 Å². The van der Waals surface area contributed by atoms with E-state index in [9.17, 15) is 22.8 Å². The van der Waals surface area contributed by atoms with Crippen molar-refractivity contribution in [1.29, 1.82) is 0 Å². The highest BCUT2D eigenvalue weighted by atomic mass is 35.5. The summed E-state index contributed by atoms with van der Waals surface area (Å²) in [6.45, 7) is 4.10. The average molecular weight is 579 g/mol. The molecule has 0 amide bonds. The Labute approximate surface area is 226 Å². The second-order valence-corrected chi connectivity index (χ2v) is 12.3. The highest BCUT2D eigenvalue weighted by molar-refractivity contribution is 7.91. The maximum absolute atomic E-state index is 12.2. The van der Waals surface area contributed by atoms with Gasteiger partial charge in [0.15, 0.2) is 9.84 Å². The van der Waals surface area contributed by atoms with Crippen LogP contribution in [0.2, 0.25) is 0 Å². The average Bonchev–Trinajstić information content (AvgIpc) is 2.85. The zero-order valence-electron chi connectivity index (χ0n) is 20.9. The number of aliphatic hydroxyl groups is 2. The molecule has 0 aliphatic carbocycles. The monoisotopic (exact) mass is 578 g/mol. The lowest BCUT2D eigenvalue weighted by molar-refractivity contribution is 0.125. The molecule has 0 heterocycles. The Kier molecular flexibility index (Phi) is 12.8. The summed E-state index contributed by atoms with van der Waals surface area (Å²) in [5, 5.41) is 19.7. The van der Waals surface area contributed by atoms with Gasteiger partial charge in [0.1, 0.15) is 36.9 Å². The molecule has 0 radical (unpaired) electrons. The fourth-order valence-electron chi connectivity index (χ4n) is 3.51. The summed E-state index contributed by atoms with van der Waals surface area (Å²) in [5.41, 5.74) is 1.77. The third-order valence-electron chi connectivity index (χ3n) is 5.70. The third kappa shape index (κ3) is 11.3. The first-order valence-corrected chi connectivity index (χ1v) is 15.1. The molecule has 0 aliphatic rings. The summed E-state index contributed by atoms with van der Waals surface area (Å²) >= 11 is 3.22. The molecule has 3 atom stereocenters. The topological polar surface area (TPSA) is 140 Å². The van der Waals surface area contributed by atoms with Gasteiger partial charge < -0.3 is 19.7 Å². The van der Waals surface area contributed by atoms with Gasteiger partial charge >= 0.3 is 11.4 Å². The second kappa shape index (κ2) is 15.0. The van der Waals surface area contributed by atoms with Gasteiger partial charge in [0.25, 0.3) is 0 Å². The molecule has 3 N–H and O–H groups in total. The maximum Gasteiger partial charge on any atom is 0.301 e. The molecule has 2 aromatic carbocycles. The predicted octanol–water partition coefficient (Wildman–Crippen LogP) is 3.08. The molecule has 0 fully saturated rings. The quantitative estimate of drug-likeness (QED) is 0.147. The molecule has 0 saturated heterocycles. The van der Waals surface area contributed by atoms with Gasteiger partial charge in [-0.3, -0.25) is 8.74 Å². The van der Waals surface area contributed by atoms with Gasteiger partial charge in [-0.15, -0.1) is 11.6 Å². The predicted molar refractivity (Wildman–Crippen MR) is 143 cm³/mol. The third-order valence-corrected chi connectivity index (χ3v) is 8.22. The zero-order chi connectivity index (χ0) is 27.5. The van der Waals surface area contributed by atoms with Crippen molar-refractivity contribution in [3.05, 3.63) is 59.7 Å². The highest BCUT2D eigenvalue weighted by Gasteiger charge is 2.23. The van der Waals surface area contributed by atoms with E-state index in [1.165, 1.54) is 0 Å². The van der Waals surface area contributed by atoms with Crippen molar-refractivity contribution < 1.29 is 41.0 Å². The van der Waals surface area contributed by atoms with Crippen LogP contribution < -0.4 is 9.47 Å². The van der Waals surface area contributed by atoms with E-state index in [4.69, 9.17) is 25.6 Å². The Hall–Kier alpha value is -1.73. The van der Waals surface area contributed by atoms with Crippen LogP contribution in [0.3, 0.4) is 0 Å². The summed E-state index contributed by atoms with van der Waals surface area (Å²) in [6.07, 6.45) is -1.33. The number of hydrogen-bond acceptors (Lipinski definition) is 8. The lowest BCUT2D eigenvalue weighted by Gasteiger charge is -2.26. The van der Waals surface area contributed by atoms with Crippen molar-refractivity contribution in [3.63, 3.8) is 0 Å². The van der Waals surface area contributed by atoms with E-state index in [0.29, 0.717) is 17.9 Å². The van der Waals surface area contributed by atoms with E-state index < -0.39 is 39.2 Å². The Morgan fingerprint density at radius 3 is 1.84 bits per heavy atom. The number of rotatable bonds is 17. The molecule has 2 aromatic rings. The van der Waals surface area contributed by atoms with Gasteiger partial charge in [-0.05, 0) is 48.2 Å². The molecule has 12 heteroatoms. The van der Waals surface area contributed by atoms with Gasteiger partial charge in [-0.2, -0.15) is 4.21 Å². The number of hydrogen-bond donors (Lipinski definition) is 3. The van der Waals surface area contributed by atoms with E-state index in [-0.39, 0.29) is 43.3 Å². The molecule has 0 aliphatic heterocycles. The number of aliphatic hydroxyl groups excluding tert-OH is 2. The summed E-state index contributed by atoms with van der Waals surface area (Å²) in [6, 6.07) is 15.0. The largest absolute Gasteiger partial charge is 0.491 e. The lowest BCUT2D eigenvalue weighted by Crippen LogP contribution is -2.28. The molecule has 37 heavy (non-hydrogen) atoms. The summed E-state index contributed by atoms with van der Waals surface area (Å²) in [4.78, 5) is 0. The zero-order valence-corrected chi connectivity index (χ0v) is 23.3. The van der Waals surface area contributed by atoms with Gasteiger partial charge in [0, 0.05) is 5.41 Å². The summed E-state index contributed by atoms with van der Waals surface area (Å²) < 4.78 is 58.8. The fourth-order valence-corrected chi connectivity index (χ4v) is 5.35.